The summed E-state index contributed by atoms with van der Waals surface area (Å²) in [6.45, 7) is 4.61. The van der Waals surface area contributed by atoms with Crippen molar-refractivity contribution in [3.05, 3.63) is 59.1 Å². The quantitative estimate of drug-likeness (QED) is 0.325. The molecule has 0 radical (unpaired) electrons. The molecule has 0 fully saturated rings. The van der Waals surface area contributed by atoms with Gasteiger partial charge in [-0.1, -0.05) is 23.7 Å². The third kappa shape index (κ3) is 9.11. The van der Waals surface area contributed by atoms with E-state index in [1.807, 2.05) is 0 Å². The number of para-hydroxylation sites is 1. The number of nitrogens with one attached hydrogen (secondary N) is 1. The highest BCUT2D eigenvalue weighted by atomic mass is 35.5. The second-order valence-corrected chi connectivity index (χ2v) is 10.3. The summed E-state index contributed by atoms with van der Waals surface area (Å²) in [6.07, 6.45) is 2.37. The minimum atomic E-state index is -3.75. The molecule has 2 rings (SSSR count). The molecule has 2 aromatic carbocycles. The van der Waals surface area contributed by atoms with Gasteiger partial charge in [0, 0.05) is 0 Å². The second kappa shape index (κ2) is 11.2. The van der Waals surface area contributed by atoms with Crippen LogP contribution in [0.3, 0.4) is 0 Å². The van der Waals surface area contributed by atoms with Gasteiger partial charge in [-0.05, 0) is 62.7 Å². The van der Waals surface area contributed by atoms with Crippen LogP contribution in [-0.2, 0) is 24.3 Å². The fourth-order valence-corrected chi connectivity index (χ4v) is 3.70. The lowest BCUT2D eigenvalue weighted by Crippen LogP contribution is -2.39. The zero-order valence-corrected chi connectivity index (χ0v) is 20.3. The van der Waals surface area contributed by atoms with E-state index in [0.29, 0.717) is 11.3 Å². The lowest BCUT2D eigenvalue weighted by molar-refractivity contribution is -0.157. The molecule has 0 aliphatic heterocycles. The monoisotopic (exact) mass is 495 g/mol. The van der Waals surface area contributed by atoms with Gasteiger partial charge in [-0.2, -0.15) is 5.10 Å². The van der Waals surface area contributed by atoms with Crippen molar-refractivity contribution in [2.75, 3.05) is 23.7 Å². The molecule has 0 saturated carbocycles. The van der Waals surface area contributed by atoms with E-state index in [4.69, 9.17) is 21.1 Å². The molecule has 0 unspecified atom stereocenters. The zero-order chi connectivity index (χ0) is 24.6. The molecule has 178 valence electrons. The molecule has 0 spiro atoms. The van der Waals surface area contributed by atoms with Crippen LogP contribution >= 0.6 is 11.6 Å². The van der Waals surface area contributed by atoms with Crippen LogP contribution in [0.5, 0.6) is 5.75 Å². The Bertz CT molecular complexity index is 1110. The highest BCUT2D eigenvalue weighted by molar-refractivity contribution is 7.92. The van der Waals surface area contributed by atoms with Crippen molar-refractivity contribution < 1.29 is 27.5 Å². The van der Waals surface area contributed by atoms with Crippen LogP contribution in [0.2, 0.25) is 5.02 Å². The number of carbonyl (C=O) groups excluding carboxylic acids is 2. The van der Waals surface area contributed by atoms with E-state index in [2.05, 4.69) is 10.5 Å². The predicted molar refractivity (Wildman–Crippen MR) is 127 cm³/mol. The molecule has 0 aliphatic carbocycles. The van der Waals surface area contributed by atoms with E-state index in [9.17, 15) is 18.0 Å². The van der Waals surface area contributed by atoms with Gasteiger partial charge in [0.2, 0.25) is 10.0 Å². The fourth-order valence-electron chi connectivity index (χ4n) is 2.54. The second-order valence-electron chi connectivity index (χ2n) is 7.96. The van der Waals surface area contributed by atoms with Gasteiger partial charge < -0.3 is 9.47 Å². The van der Waals surface area contributed by atoms with Gasteiger partial charge in [0.05, 0.1) is 23.2 Å². The predicted octanol–water partition coefficient (Wildman–Crippen LogP) is 2.98. The van der Waals surface area contributed by atoms with Gasteiger partial charge >= 0.3 is 5.97 Å². The molecule has 11 heteroatoms. The Morgan fingerprint density at radius 2 is 1.76 bits per heavy atom. The smallest absolute Gasteiger partial charge is 0.344 e. The van der Waals surface area contributed by atoms with Crippen molar-refractivity contribution >= 4 is 45.4 Å². The molecule has 1 N–H and O–H groups in total. The maximum Gasteiger partial charge on any atom is 0.344 e. The lowest BCUT2D eigenvalue weighted by atomic mass is 10.2. The van der Waals surface area contributed by atoms with Gasteiger partial charge in [0.15, 0.2) is 6.61 Å². The Morgan fingerprint density at radius 1 is 1.12 bits per heavy atom. The normalized spacial score (nSPS) is 11.8. The third-order valence-electron chi connectivity index (χ3n) is 3.87. The average Bonchev–Trinajstić information content (AvgIpc) is 2.70. The Labute approximate surface area is 198 Å². The van der Waals surface area contributed by atoms with E-state index in [0.717, 1.165) is 10.6 Å². The van der Waals surface area contributed by atoms with E-state index >= 15 is 0 Å². The molecule has 0 aromatic heterocycles. The number of hydrogen-bond donors (Lipinski definition) is 1. The number of halogens is 1. The van der Waals surface area contributed by atoms with E-state index in [-0.39, 0.29) is 17.3 Å². The van der Waals surface area contributed by atoms with Crippen LogP contribution in [0.4, 0.5) is 5.69 Å². The van der Waals surface area contributed by atoms with Gasteiger partial charge in [-0.15, -0.1) is 0 Å². The van der Waals surface area contributed by atoms with Crippen LogP contribution < -0.4 is 14.5 Å². The number of benzene rings is 2. The highest BCUT2D eigenvalue weighted by Crippen LogP contribution is 2.26. The van der Waals surface area contributed by atoms with E-state index in [1.54, 1.807) is 57.2 Å². The molecular formula is C22H26ClN3O6S. The molecule has 0 bridgehead atoms. The van der Waals surface area contributed by atoms with Crippen LogP contribution in [0, 0.1) is 0 Å². The topological polar surface area (TPSA) is 114 Å². The lowest BCUT2D eigenvalue weighted by Gasteiger charge is -2.22. The molecule has 2 aromatic rings. The van der Waals surface area contributed by atoms with Gasteiger partial charge in [-0.3, -0.25) is 9.10 Å². The highest BCUT2D eigenvalue weighted by Gasteiger charge is 2.22. The molecule has 9 nitrogen and oxygen atoms in total. The maximum absolute atomic E-state index is 12.2. The van der Waals surface area contributed by atoms with Crippen LogP contribution in [0.25, 0.3) is 0 Å². The van der Waals surface area contributed by atoms with Crippen molar-refractivity contribution in [1.29, 1.82) is 0 Å². The summed E-state index contributed by atoms with van der Waals surface area (Å²) in [5.74, 6) is -0.657. The number of anilines is 1. The van der Waals surface area contributed by atoms with Crippen LogP contribution in [-0.4, -0.2) is 51.5 Å². The first kappa shape index (κ1) is 26.1. The first-order valence-electron chi connectivity index (χ1n) is 9.84. The minimum Gasteiger partial charge on any atom is -0.482 e. The number of amides is 1. The summed E-state index contributed by atoms with van der Waals surface area (Å²) in [5.41, 5.74) is 2.54. The Balaban J connectivity index is 1.91. The van der Waals surface area contributed by atoms with Crippen molar-refractivity contribution in [2.45, 2.75) is 26.4 Å². The number of hydrazone groups is 1. The summed E-state index contributed by atoms with van der Waals surface area (Å²) in [6, 6.07) is 12.9. The summed E-state index contributed by atoms with van der Waals surface area (Å²) in [5, 5.41) is 4.05. The molecular weight excluding hydrogens is 470 g/mol. The number of sulfonamides is 1. The first-order valence-corrected chi connectivity index (χ1v) is 12.1. The average molecular weight is 496 g/mol. The summed E-state index contributed by atoms with van der Waals surface area (Å²) >= 11 is 6.07. The molecule has 0 atom stereocenters. The summed E-state index contributed by atoms with van der Waals surface area (Å²) in [7, 11) is -3.75. The SMILES string of the molecule is CC(C)(C)OC(=O)COc1ccc(/C=N/NC(=O)CN(c2ccccc2Cl)S(C)(=O)=O)cc1. The van der Waals surface area contributed by atoms with Crippen molar-refractivity contribution in [2.24, 2.45) is 5.10 Å². The molecule has 0 saturated heterocycles. The Hall–Kier alpha value is -3.11. The number of nitrogens with zero attached hydrogens (tertiary/aromatic N) is 2. The van der Waals surface area contributed by atoms with Gasteiger partial charge in [0.25, 0.3) is 5.91 Å². The van der Waals surface area contributed by atoms with Crippen molar-refractivity contribution in [3.8, 4) is 5.75 Å². The number of esters is 1. The first-order chi connectivity index (χ1) is 15.3. The molecule has 33 heavy (non-hydrogen) atoms. The third-order valence-corrected chi connectivity index (χ3v) is 5.31. The number of hydrogen-bond acceptors (Lipinski definition) is 7. The van der Waals surface area contributed by atoms with Crippen LogP contribution in [0.15, 0.2) is 53.6 Å². The van der Waals surface area contributed by atoms with Crippen molar-refractivity contribution in [3.63, 3.8) is 0 Å². The maximum atomic E-state index is 12.2. The Morgan fingerprint density at radius 3 is 2.33 bits per heavy atom. The standard InChI is InChI=1S/C22H26ClN3O6S/c1-22(2,3)32-21(28)15-31-17-11-9-16(10-12-17)13-24-25-20(27)14-26(33(4,29)30)19-8-6-5-7-18(19)23/h5-13H,14-15H2,1-4H3,(H,25,27)/b24-13+. The fraction of sp³-hybridized carbons (Fsp3) is 0.318. The van der Waals surface area contributed by atoms with Crippen molar-refractivity contribution in [1.82, 2.24) is 5.43 Å². The number of ether oxygens (including phenoxy) is 2. The van der Waals surface area contributed by atoms with E-state index < -0.39 is 34.0 Å². The molecule has 0 aliphatic rings. The van der Waals surface area contributed by atoms with Crippen LogP contribution in [0.1, 0.15) is 26.3 Å². The number of carbonyl (C=O) groups is 2. The summed E-state index contributed by atoms with van der Waals surface area (Å²) in [4.78, 5) is 23.9. The van der Waals surface area contributed by atoms with Gasteiger partial charge in [0.1, 0.15) is 17.9 Å². The van der Waals surface area contributed by atoms with Gasteiger partial charge in [-0.25, -0.2) is 18.6 Å². The largest absolute Gasteiger partial charge is 0.482 e. The minimum absolute atomic E-state index is 0.197. The Kier molecular flexibility index (Phi) is 8.84. The molecule has 0 heterocycles. The summed E-state index contributed by atoms with van der Waals surface area (Å²) < 4.78 is 35.7. The number of rotatable bonds is 9. The van der Waals surface area contributed by atoms with E-state index in [1.165, 1.54) is 18.3 Å². The molecule has 1 amide bonds. The zero-order valence-electron chi connectivity index (χ0n) is 18.7.